The van der Waals surface area contributed by atoms with E-state index in [0.717, 1.165) is 25.7 Å². The molecule has 0 aromatic rings. The molecule has 1 aliphatic rings. The van der Waals surface area contributed by atoms with E-state index in [0.29, 0.717) is 12.8 Å². The maximum Gasteiger partial charge on any atom is 0.311 e. The number of amides is 1. The van der Waals surface area contributed by atoms with E-state index in [-0.39, 0.29) is 11.9 Å². The summed E-state index contributed by atoms with van der Waals surface area (Å²) in [5.41, 5.74) is -0.790. The zero-order valence-electron chi connectivity index (χ0n) is 10.1. The molecule has 1 aliphatic carbocycles. The van der Waals surface area contributed by atoms with Gasteiger partial charge in [0.25, 0.3) is 0 Å². The van der Waals surface area contributed by atoms with Crippen LogP contribution in [0.1, 0.15) is 52.4 Å². The van der Waals surface area contributed by atoms with E-state index in [1.165, 1.54) is 0 Å². The first kappa shape index (κ1) is 13.0. The highest BCUT2D eigenvalue weighted by atomic mass is 16.4. The van der Waals surface area contributed by atoms with Crippen molar-refractivity contribution < 1.29 is 14.7 Å². The molecule has 0 aromatic heterocycles. The Balaban J connectivity index is 2.67. The molecule has 4 heteroatoms. The Morgan fingerprint density at radius 3 is 2.69 bits per heavy atom. The first-order valence-corrected chi connectivity index (χ1v) is 6.03. The maximum absolute atomic E-state index is 11.5. The average molecular weight is 227 g/mol. The summed E-state index contributed by atoms with van der Waals surface area (Å²) in [5.74, 6) is -0.823. The summed E-state index contributed by atoms with van der Waals surface area (Å²) in [7, 11) is 0. The number of carbonyl (C=O) groups excluding carboxylic acids is 1. The second-order valence-electron chi connectivity index (χ2n) is 4.84. The van der Waals surface area contributed by atoms with Crippen molar-refractivity contribution in [3.8, 4) is 0 Å². The Hall–Kier alpha value is -1.06. The van der Waals surface area contributed by atoms with Gasteiger partial charge in [0.05, 0.1) is 5.41 Å². The molecule has 1 amide bonds. The van der Waals surface area contributed by atoms with Gasteiger partial charge in [-0.2, -0.15) is 0 Å². The lowest BCUT2D eigenvalue weighted by molar-refractivity contribution is -0.152. The van der Waals surface area contributed by atoms with Crippen molar-refractivity contribution in [2.24, 2.45) is 5.41 Å². The summed E-state index contributed by atoms with van der Waals surface area (Å²) in [5, 5.41) is 12.1. The molecule has 2 atom stereocenters. The molecule has 2 unspecified atom stereocenters. The maximum atomic E-state index is 11.5. The fourth-order valence-corrected chi connectivity index (χ4v) is 2.31. The standard InChI is InChI=1S/C12H21NO3/c1-3-6-10(14)13-9-7-4-5-8-12(9,2)11(15)16/h9H,3-8H2,1-2H3,(H,13,14)(H,15,16). The highest BCUT2D eigenvalue weighted by Crippen LogP contribution is 2.36. The fourth-order valence-electron chi connectivity index (χ4n) is 2.31. The molecule has 1 fully saturated rings. The molecule has 0 saturated heterocycles. The molecule has 0 radical (unpaired) electrons. The summed E-state index contributed by atoms with van der Waals surface area (Å²) in [6.45, 7) is 3.68. The first-order valence-electron chi connectivity index (χ1n) is 6.03. The molecule has 4 nitrogen and oxygen atoms in total. The number of carboxylic acids is 1. The first-order chi connectivity index (χ1) is 7.50. The molecule has 92 valence electrons. The quantitative estimate of drug-likeness (QED) is 0.771. The van der Waals surface area contributed by atoms with Crippen LogP contribution >= 0.6 is 0 Å². The lowest BCUT2D eigenvalue weighted by Gasteiger charge is -2.38. The van der Waals surface area contributed by atoms with Crippen molar-refractivity contribution >= 4 is 11.9 Å². The summed E-state index contributed by atoms with van der Waals surface area (Å²) >= 11 is 0. The van der Waals surface area contributed by atoms with Crippen molar-refractivity contribution in [3.05, 3.63) is 0 Å². The lowest BCUT2D eigenvalue weighted by Crippen LogP contribution is -2.52. The number of nitrogens with one attached hydrogen (secondary N) is 1. The van der Waals surface area contributed by atoms with Gasteiger partial charge in [0, 0.05) is 12.5 Å². The number of rotatable bonds is 4. The van der Waals surface area contributed by atoms with Gasteiger partial charge in [-0.05, 0) is 26.2 Å². The molecule has 0 bridgehead atoms. The minimum absolute atomic E-state index is 0.0260. The van der Waals surface area contributed by atoms with Crippen LogP contribution in [-0.2, 0) is 9.59 Å². The second-order valence-corrected chi connectivity index (χ2v) is 4.84. The van der Waals surface area contributed by atoms with Crippen LogP contribution in [0.25, 0.3) is 0 Å². The SMILES string of the molecule is CCCC(=O)NC1CCCCC1(C)C(=O)O. The van der Waals surface area contributed by atoms with E-state index in [9.17, 15) is 14.7 Å². The fraction of sp³-hybridized carbons (Fsp3) is 0.833. The Kier molecular flexibility index (Phi) is 4.33. The third-order valence-corrected chi connectivity index (χ3v) is 3.51. The van der Waals surface area contributed by atoms with Crippen LogP contribution in [0, 0.1) is 5.41 Å². The summed E-state index contributed by atoms with van der Waals surface area (Å²) in [4.78, 5) is 22.8. The Morgan fingerprint density at radius 1 is 1.44 bits per heavy atom. The molecule has 16 heavy (non-hydrogen) atoms. The second kappa shape index (κ2) is 5.32. The predicted octanol–water partition coefficient (Wildman–Crippen LogP) is 1.94. The van der Waals surface area contributed by atoms with Gasteiger partial charge in [-0.25, -0.2) is 0 Å². The van der Waals surface area contributed by atoms with Gasteiger partial charge in [-0.3, -0.25) is 9.59 Å². The summed E-state index contributed by atoms with van der Waals surface area (Å²) < 4.78 is 0. The highest BCUT2D eigenvalue weighted by molar-refractivity contribution is 5.79. The van der Waals surface area contributed by atoms with Gasteiger partial charge < -0.3 is 10.4 Å². The minimum Gasteiger partial charge on any atom is -0.481 e. The van der Waals surface area contributed by atoms with Crippen LogP contribution in [0.15, 0.2) is 0 Å². The van der Waals surface area contributed by atoms with Crippen molar-refractivity contribution in [2.75, 3.05) is 0 Å². The molecule has 0 spiro atoms. The smallest absolute Gasteiger partial charge is 0.311 e. The molecular weight excluding hydrogens is 206 g/mol. The van der Waals surface area contributed by atoms with Crippen molar-refractivity contribution in [2.45, 2.75) is 58.4 Å². The van der Waals surface area contributed by atoms with E-state index in [1.54, 1.807) is 6.92 Å². The molecule has 2 N–H and O–H groups in total. The average Bonchev–Trinajstić information content (AvgIpc) is 2.21. The summed E-state index contributed by atoms with van der Waals surface area (Å²) in [6.07, 6.45) is 4.63. The van der Waals surface area contributed by atoms with Gasteiger partial charge in [0.15, 0.2) is 0 Å². The molecular formula is C12H21NO3. The van der Waals surface area contributed by atoms with Crippen molar-refractivity contribution in [1.82, 2.24) is 5.32 Å². The number of hydrogen-bond donors (Lipinski definition) is 2. The Labute approximate surface area is 96.4 Å². The topological polar surface area (TPSA) is 66.4 Å². The zero-order valence-corrected chi connectivity index (χ0v) is 10.1. The van der Waals surface area contributed by atoms with Crippen LogP contribution in [0.2, 0.25) is 0 Å². The monoisotopic (exact) mass is 227 g/mol. The van der Waals surface area contributed by atoms with Crippen LogP contribution < -0.4 is 5.32 Å². The van der Waals surface area contributed by atoms with Crippen LogP contribution in [0.4, 0.5) is 0 Å². The molecule has 0 aliphatic heterocycles. The Bertz CT molecular complexity index is 277. The molecule has 1 rings (SSSR count). The molecule has 0 heterocycles. The van der Waals surface area contributed by atoms with Crippen LogP contribution in [-0.4, -0.2) is 23.0 Å². The normalized spacial score (nSPS) is 29.8. The largest absolute Gasteiger partial charge is 0.481 e. The van der Waals surface area contributed by atoms with Gasteiger partial charge in [0.2, 0.25) is 5.91 Å². The van der Waals surface area contributed by atoms with E-state index in [2.05, 4.69) is 5.32 Å². The van der Waals surface area contributed by atoms with E-state index in [4.69, 9.17) is 0 Å². The van der Waals surface area contributed by atoms with Crippen LogP contribution in [0.3, 0.4) is 0 Å². The highest BCUT2D eigenvalue weighted by Gasteiger charge is 2.43. The number of carbonyl (C=O) groups is 2. The van der Waals surface area contributed by atoms with Gasteiger partial charge in [-0.1, -0.05) is 19.8 Å². The third kappa shape index (κ3) is 2.74. The van der Waals surface area contributed by atoms with Gasteiger partial charge in [0.1, 0.15) is 0 Å². The van der Waals surface area contributed by atoms with Crippen molar-refractivity contribution in [3.63, 3.8) is 0 Å². The van der Waals surface area contributed by atoms with E-state index < -0.39 is 11.4 Å². The van der Waals surface area contributed by atoms with Gasteiger partial charge >= 0.3 is 5.97 Å². The van der Waals surface area contributed by atoms with E-state index in [1.807, 2.05) is 6.92 Å². The Morgan fingerprint density at radius 2 is 2.12 bits per heavy atom. The molecule has 1 saturated carbocycles. The zero-order chi connectivity index (χ0) is 12.2. The van der Waals surface area contributed by atoms with E-state index >= 15 is 0 Å². The van der Waals surface area contributed by atoms with Crippen LogP contribution in [0.5, 0.6) is 0 Å². The minimum atomic E-state index is -0.797. The number of hydrogen-bond acceptors (Lipinski definition) is 2. The molecule has 0 aromatic carbocycles. The summed E-state index contributed by atoms with van der Waals surface area (Å²) in [6, 6.07) is -0.210. The third-order valence-electron chi connectivity index (χ3n) is 3.51. The number of aliphatic carboxylic acids is 1. The van der Waals surface area contributed by atoms with Crippen molar-refractivity contribution in [1.29, 1.82) is 0 Å². The lowest BCUT2D eigenvalue weighted by atomic mass is 9.71. The number of carboxylic acid groups (broad SMARTS) is 1. The van der Waals surface area contributed by atoms with Gasteiger partial charge in [-0.15, -0.1) is 0 Å². The predicted molar refractivity (Wildman–Crippen MR) is 61.0 cm³/mol.